The predicted molar refractivity (Wildman–Crippen MR) is 112 cm³/mol. The molecule has 0 bridgehead atoms. The molecule has 1 atom stereocenters. The summed E-state index contributed by atoms with van der Waals surface area (Å²) in [6.45, 7) is 1.51. The number of benzene rings is 2. The Labute approximate surface area is 174 Å². The molecule has 0 aliphatic carbocycles. The lowest BCUT2D eigenvalue weighted by molar-refractivity contribution is -0.128. The van der Waals surface area contributed by atoms with Crippen LogP contribution in [0.2, 0.25) is 5.02 Å². The fourth-order valence-corrected chi connectivity index (χ4v) is 4.02. The van der Waals surface area contributed by atoms with E-state index in [4.69, 9.17) is 11.6 Å². The van der Waals surface area contributed by atoms with Gasteiger partial charge in [-0.2, -0.15) is 0 Å². The van der Waals surface area contributed by atoms with Crippen LogP contribution >= 0.6 is 11.6 Å². The molecule has 7 heteroatoms. The fraction of sp³-hybridized carbons (Fsp3) is 0.318. The minimum atomic E-state index is -0.398. The number of carbonyl (C=O) groups is 3. The van der Waals surface area contributed by atoms with Gasteiger partial charge in [0.15, 0.2) is 0 Å². The summed E-state index contributed by atoms with van der Waals surface area (Å²) in [7, 11) is 0. The number of halogens is 1. The number of hydrogen-bond acceptors (Lipinski definition) is 3. The van der Waals surface area contributed by atoms with E-state index in [9.17, 15) is 14.4 Å². The molecule has 0 unspecified atom stereocenters. The van der Waals surface area contributed by atoms with E-state index in [1.807, 2.05) is 30.3 Å². The van der Waals surface area contributed by atoms with Gasteiger partial charge in [-0.05, 0) is 42.3 Å². The molecule has 2 saturated heterocycles. The lowest BCUT2D eigenvalue weighted by Gasteiger charge is -2.18. The molecule has 1 N–H and O–H groups in total. The highest BCUT2D eigenvalue weighted by Crippen LogP contribution is 2.26. The van der Waals surface area contributed by atoms with Crippen LogP contribution in [0.4, 0.5) is 11.4 Å². The third kappa shape index (κ3) is 4.27. The van der Waals surface area contributed by atoms with Crippen LogP contribution in [0.15, 0.2) is 48.5 Å². The Bertz CT molecular complexity index is 945. The van der Waals surface area contributed by atoms with Gasteiger partial charge in [-0.1, -0.05) is 29.8 Å². The van der Waals surface area contributed by atoms with Crippen LogP contribution in [0, 0.1) is 5.92 Å². The molecule has 150 valence electrons. The third-order valence-corrected chi connectivity index (χ3v) is 5.79. The molecule has 0 spiro atoms. The molecule has 2 aromatic carbocycles. The predicted octanol–water partition coefficient (Wildman–Crippen LogP) is 3.45. The molecule has 2 aliphatic heterocycles. The number of carbonyl (C=O) groups excluding carboxylic acids is 3. The van der Waals surface area contributed by atoms with Gasteiger partial charge in [0.1, 0.15) is 0 Å². The number of hydrogen-bond donors (Lipinski definition) is 1. The Kier molecular flexibility index (Phi) is 5.53. The Hall–Kier alpha value is -2.86. The zero-order valence-corrected chi connectivity index (χ0v) is 16.7. The molecule has 2 heterocycles. The van der Waals surface area contributed by atoms with Crippen LogP contribution in [-0.2, 0) is 20.9 Å². The van der Waals surface area contributed by atoms with Gasteiger partial charge in [0.25, 0.3) is 0 Å². The molecule has 0 saturated carbocycles. The highest BCUT2D eigenvalue weighted by Gasteiger charge is 2.34. The van der Waals surface area contributed by atoms with Gasteiger partial charge in [0.05, 0.1) is 5.92 Å². The Morgan fingerprint density at radius 3 is 2.52 bits per heavy atom. The minimum absolute atomic E-state index is 0.0482. The van der Waals surface area contributed by atoms with E-state index in [0.717, 1.165) is 24.2 Å². The lowest BCUT2D eigenvalue weighted by atomic mass is 10.1. The van der Waals surface area contributed by atoms with Crippen molar-refractivity contribution in [3.8, 4) is 0 Å². The number of nitrogens with one attached hydrogen (secondary N) is 1. The van der Waals surface area contributed by atoms with Crippen LogP contribution in [-0.4, -0.2) is 35.7 Å². The Morgan fingerprint density at radius 2 is 1.83 bits per heavy atom. The van der Waals surface area contributed by atoms with Gasteiger partial charge in [-0.15, -0.1) is 0 Å². The van der Waals surface area contributed by atoms with Crippen LogP contribution in [0.3, 0.4) is 0 Å². The van der Waals surface area contributed by atoms with Crippen molar-refractivity contribution in [2.75, 3.05) is 23.3 Å². The van der Waals surface area contributed by atoms with Gasteiger partial charge in [0, 0.05) is 48.9 Å². The summed E-state index contributed by atoms with van der Waals surface area (Å²) in [5.74, 6) is -0.493. The van der Waals surface area contributed by atoms with E-state index in [1.54, 1.807) is 28.0 Å². The number of anilines is 2. The lowest BCUT2D eigenvalue weighted by Crippen LogP contribution is -2.28. The van der Waals surface area contributed by atoms with E-state index in [2.05, 4.69) is 5.32 Å². The SMILES string of the molecule is O=C(Nc1ccc(N2CCCC2=O)cc1)[C@H]1CC(=O)N(Cc2ccccc2Cl)C1. The van der Waals surface area contributed by atoms with E-state index in [0.29, 0.717) is 30.2 Å². The first kappa shape index (κ1) is 19.5. The van der Waals surface area contributed by atoms with Crippen molar-refractivity contribution in [1.29, 1.82) is 0 Å². The first-order chi connectivity index (χ1) is 14.0. The molecule has 29 heavy (non-hydrogen) atoms. The van der Waals surface area contributed by atoms with Crippen LogP contribution in [0.25, 0.3) is 0 Å². The average molecular weight is 412 g/mol. The van der Waals surface area contributed by atoms with Crippen molar-refractivity contribution < 1.29 is 14.4 Å². The summed E-state index contributed by atoms with van der Waals surface area (Å²) in [6, 6.07) is 14.7. The van der Waals surface area contributed by atoms with Gasteiger partial charge < -0.3 is 15.1 Å². The summed E-state index contributed by atoms with van der Waals surface area (Å²) < 4.78 is 0. The van der Waals surface area contributed by atoms with Gasteiger partial charge in [-0.3, -0.25) is 14.4 Å². The standard InChI is InChI=1S/C22H22ClN3O3/c23-19-5-2-1-4-15(19)13-25-14-16(12-21(25)28)22(29)24-17-7-9-18(10-8-17)26-11-3-6-20(26)27/h1-2,4-5,7-10,16H,3,6,11-14H2,(H,24,29)/t16-/m0/s1. The average Bonchev–Trinajstić information content (AvgIpc) is 3.30. The van der Waals surface area contributed by atoms with Gasteiger partial charge in [0.2, 0.25) is 17.7 Å². The molecule has 2 aliphatic rings. The third-order valence-electron chi connectivity index (χ3n) is 5.42. The molecule has 2 fully saturated rings. The van der Waals surface area contributed by atoms with Crippen LogP contribution in [0.1, 0.15) is 24.8 Å². The van der Waals surface area contributed by atoms with Crippen molar-refractivity contribution in [1.82, 2.24) is 4.90 Å². The molecule has 6 nitrogen and oxygen atoms in total. The summed E-state index contributed by atoms with van der Waals surface area (Å²) in [4.78, 5) is 40.3. The Balaban J connectivity index is 1.36. The second kappa shape index (κ2) is 8.25. The summed E-state index contributed by atoms with van der Waals surface area (Å²) in [5.41, 5.74) is 2.37. The zero-order valence-electron chi connectivity index (χ0n) is 15.9. The maximum absolute atomic E-state index is 12.6. The first-order valence-electron chi connectivity index (χ1n) is 9.74. The van der Waals surface area contributed by atoms with E-state index >= 15 is 0 Å². The molecule has 4 rings (SSSR count). The second-order valence-corrected chi connectivity index (χ2v) is 7.86. The van der Waals surface area contributed by atoms with Crippen molar-refractivity contribution in [2.45, 2.75) is 25.8 Å². The topological polar surface area (TPSA) is 69.7 Å². The van der Waals surface area contributed by atoms with E-state index in [1.165, 1.54) is 0 Å². The largest absolute Gasteiger partial charge is 0.337 e. The van der Waals surface area contributed by atoms with Crippen molar-refractivity contribution in [3.63, 3.8) is 0 Å². The summed E-state index contributed by atoms with van der Waals surface area (Å²) >= 11 is 6.18. The first-order valence-corrected chi connectivity index (χ1v) is 10.1. The van der Waals surface area contributed by atoms with E-state index < -0.39 is 5.92 Å². The second-order valence-electron chi connectivity index (χ2n) is 7.45. The summed E-state index contributed by atoms with van der Waals surface area (Å²) in [6.07, 6.45) is 1.65. The number of nitrogens with zero attached hydrogens (tertiary/aromatic N) is 2. The molecular formula is C22H22ClN3O3. The molecule has 2 aromatic rings. The molecular weight excluding hydrogens is 390 g/mol. The smallest absolute Gasteiger partial charge is 0.229 e. The molecule has 3 amide bonds. The van der Waals surface area contributed by atoms with E-state index in [-0.39, 0.29) is 24.1 Å². The molecule has 0 radical (unpaired) electrons. The number of likely N-dealkylation sites (tertiary alicyclic amines) is 1. The number of rotatable bonds is 5. The fourth-order valence-electron chi connectivity index (χ4n) is 3.82. The summed E-state index contributed by atoms with van der Waals surface area (Å²) in [5, 5.41) is 3.50. The maximum Gasteiger partial charge on any atom is 0.229 e. The Morgan fingerprint density at radius 1 is 1.07 bits per heavy atom. The highest BCUT2D eigenvalue weighted by molar-refractivity contribution is 6.31. The van der Waals surface area contributed by atoms with Crippen LogP contribution < -0.4 is 10.2 Å². The monoisotopic (exact) mass is 411 g/mol. The maximum atomic E-state index is 12.6. The van der Waals surface area contributed by atoms with Crippen molar-refractivity contribution in [2.24, 2.45) is 5.92 Å². The van der Waals surface area contributed by atoms with Gasteiger partial charge >= 0.3 is 0 Å². The normalized spacial score (nSPS) is 19.1. The molecule has 0 aromatic heterocycles. The highest BCUT2D eigenvalue weighted by atomic mass is 35.5. The van der Waals surface area contributed by atoms with Crippen molar-refractivity contribution in [3.05, 3.63) is 59.1 Å². The number of amides is 3. The quantitative estimate of drug-likeness (QED) is 0.819. The van der Waals surface area contributed by atoms with Crippen molar-refractivity contribution >= 4 is 40.7 Å². The van der Waals surface area contributed by atoms with Crippen LogP contribution in [0.5, 0.6) is 0 Å². The zero-order chi connectivity index (χ0) is 20.4. The van der Waals surface area contributed by atoms with Gasteiger partial charge in [-0.25, -0.2) is 0 Å². The minimum Gasteiger partial charge on any atom is -0.337 e.